The van der Waals surface area contributed by atoms with Crippen LogP contribution in [-0.4, -0.2) is 6.54 Å². The summed E-state index contributed by atoms with van der Waals surface area (Å²) in [4.78, 5) is 0. The molecule has 0 spiro atoms. The lowest BCUT2D eigenvalue weighted by atomic mass is 10.1. The topological polar surface area (TPSA) is 35.8 Å². The molecule has 0 fully saturated rings. The third-order valence-electron chi connectivity index (χ3n) is 2.58. The first-order valence-corrected chi connectivity index (χ1v) is 5.47. The number of nitrogens with zero attached hydrogens (tertiary/aromatic N) is 1. The average molecular weight is 202 g/mol. The zero-order chi connectivity index (χ0) is 11.1. The molecule has 1 rings (SSSR count). The maximum Gasteiger partial charge on any atom is 0.0635 e. The predicted molar refractivity (Wildman–Crippen MR) is 62.5 cm³/mol. The van der Waals surface area contributed by atoms with E-state index in [9.17, 15) is 0 Å². The van der Waals surface area contributed by atoms with Gasteiger partial charge in [-0.3, -0.25) is 0 Å². The monoisotopic (exact) mass is 202 g/mol. The van der Waals surface area contributed by atoms with E-state index in [1.165, 1.54) is 11.1 Å². The highest BCUT2D eigenvalue weighted by Gasteiger charge is 2.03. The molecule has 1 atom stereocenters. The lowest BCUT2D eigenvalue weighted by Crippen LogP contribution is -2.19. The molecule has 0 aliphatic rings. The molecule has 0 heterocycles. The fraction of sp³-hybridized carbons (Fsp3) is 0.462. The van der Waals surface area contributed by atoms with E-state index in [1.807, 2.05) is 0 Å². The van der Waals surface area contributed by atoms with Gasteiger partial charge in [0.1, 0.15) is 0 Å². The van der Waals surface area contributed by atoms with Gasteiger partial charge in [-0.25, -0.2) is 0 Å². The Morgan fingerprint density at radius 1 is 1.33 bits per heavy atom. The van der Waals surface area contributed by atoms with Crippen LogP contribution in [0, 0.1) is 11.3 Å². The standard InChI is InChI=1S/C13H18N2/c1-3-12-5-7-13(8-6-12)11(2)15-10-4-9-14/h5-8,11,15H,3-4,10H2,1-2H3. The van der Waals surface area contributed by atoms with Gasteiger partial charge in [-0.2, -0.15) is 5.26 Å². The number of hydrogen-bond donors (Lipinski definition) is 1. The van der Waals surface area contributed by atoms with Crippen molar-refractivity contribution in [2.24, 2.45) is 0 Å². The normalized spacial score (nSPS) is 12.1. The number of rotatable bonds is 5. The third kappa shape index (κ3) is 3.73. The first-order valence-electron chi connectivity index (χ1n) is 5.47. The van der Waals surface area contributed by atoms with Crippen molar-refractivity contribution in [3.63, 3.8) is 0 Å². The van der Waals surface area contributed by atoms with E-state index in [-0.39, 0.29) is 0 Å². The van der Waals surface area contributed by atoms with Crippen molar-refractivity contribution in [3.8, 4) is 6.07 Å². The number of nitrogens with one attached hydrogen (secondary N) is 1. The summed E-state index contributed by atoms with van der Waals surface area (Å²) in [6, 6.07) is 11.1. The van der Waals surface area contributed by atoms with Gasteiger partial charge >= 0.3 is 0 Å². The fourth-order valence-corrected chi connectivity index (χ4v) is 1.50. The maximum atomic E-state index is 8.43. The van der Waals surface area contributed by atoms with Crippen LogP contribution in [0.2, 0.25) is 0 Å². The van der Waals surface area contributed by atoms with E-state index in [0.29, 0.717) is 12.5 Å². The molecule has 0 aliphatic heterocycles. The quantitative estimate of drug-likeness (QED) is 0.745. The molecule has 0 amide bonds. The van der Waals surface area contributed by atoms with Crippen molar-refractivity contribution in [3.05, 3.63) is 35.4 Å². The highest BCUT2D eigenvalue weighted by Crippen LogP contribution is 2.13. The van der Waals surface area contributed by atoms with Gasteiger partial charge in [-0.15, -0.1) is 0 Å². The molecular formula is C13H18N2. The zero-order valence-electron chi connectivity index (χ0n) is 9.46. The molecule has 2 heteroatoms. The van der Waals surface area contributed by atoms with E-state index in [0.717, 1.165) is 13.0 Å². The average Bonchev–Trinajstić information content (AvgIpc) is 2.29. The summed E-state index contributed by atoms with van der Waals surface area (Å²) in [6.45, 7) is 5.04. The minimum atomic E-state index is 0.323. The number of aryl methyl sites for hydroxylation is 1. The largest absolute Gasteiger partial charge is 0.309 e. The molecule has 1 aromatic carbocycles. The molecule has 1 aromatic rings. The summed E-state index contributed by atoms with van der Waals surface area (Å²) in [5, 5.41) is 11.7. The molecular weight excluding hydrogens is 184 g/mol. The van der Waals surface area contributed by atoms with E-state index < -0.39 is 0 Å². The van der Waals surface area contributed by atoms with Crippen LogP contribution in [0.4, 0.5) is 0 Å². The summed E-state index contributed by atoms with van der Waals surface area (Å²) >= 11 is 0. The van der Waals surface area contributed by atoms with E-state index >= 15 is 0 Å². The molecule has 2 nitrogen and oxygen atoms in total. The van der Waals surface area contributed by atoms with Crippen LogP contribution in [-0.2, 0) is 6.42 Å². The molecule has 0 bridgehead atoms. The van der Waals surface area contributed by atoms with Crippen molar-refractivity contribution in [1.29, 1.82) is 5.26 Å². The molecule has 0 radical (unpaired) electrons. The SMILES string of the molecule is CCc1ccc(C(C)NCCC#N)cc1. The summed E-state index contributed by atoms with van der Waals surface area (Å²) in [6.07, 6.45) is 1.65. The van der Waals surface area contributed by atoms with Crippen LogP contribution in [0.1, 0.15) is 37.4 Å². The highest BCUT2D eigenvalue weighted by molar-refractivity contribution is 5.24. The molecule has 0 aromatic heterocycles. The molecule has 80 valence electrons. The molecule has 0 saturated heterocycles. The van der Waals surface area contributed by atoms with Crippen molar-refractivity contribution >= 4 is 0 Å². The fourth-order valence-electron chi connectivity index (χ4n) is 1.50. The van der Waals surface area contributed by atoms with Crippen molar-refractivity contribution in [2.45, 2.75) is 32.7 Å². The minimum Gasteiger partial charge on any atom is -0.309 e. The molecule has 1 N–H and O–H groups in total. The Morgan fingerprint density at radius 3 is 2.53 bits per heavy atom. The van der Waals surface area contributed by atoms with Crippen LogP contribution in [0.3, 0.4) is 0 Å². The van der Waals surface area contributed by atoms with Gasteiger partial charge in [-0.05, 0) is 24.5 Å². The van der Waals surface area contributed by atoms with Gasteiger partial charge in [0, 0.05) is 19.0 Å². The van der Waals surface area contributed by atoms with Gasteiger partial charge in [0.25, 0.3) is 0 Å². The first kappa shape index (κ1) is 11.7. The van der Waals surface area contributed by atoms with Crippen LogP contribution in [0.5, 0.6) is 0 Å². The predicted octanol–water partition coefficient (Wildman–Crippen LogP) is 2.81. The van der Waals surface area contributed by atoms with Gasteiger partial charge in [0.2, 0.25) is 0 Å². The lowest BCUT2D eigenvalue weighted by Gasteiger charge is -2.13. The van der Waals surface area contributed by atoms with Gasteiger partial charge in [-0.1, -0.05) is 31.2 Å². The van der Waals surface area contributed by atoms with E-state index in [4.69, 9.17) is 5.26 Å². The molecule has 15 heavy (non-hydrogen) atoms. The van der Waals surface area contributed by atoms with Gasteiger partial charge < -0.3 is 5.32 Å². The Balaban J connectivity index is 2.51. The third-order valence-corrected chi connectivity index (χ3v) is 2.58. The van der Waals surface area contributed by atoms with Gasteiger partial charge in [0.15, 0.2) is 0 Å². The van der Waals surface area contributed by atoms with Crippen LogP contribution in [0.25, 0.3) is 0 Å². The highest BCUT2D eigenvalue weighted by atomic mass is 14.9. The number of benzene rings is 1. The second-order valence-electron chi connectivity index (χ2n) is 3.68. The molecule has 0 saturated carbocycles. The van der Waals surface area contributed by atoms with Crippen LogP contribution < -0.4 is 5.32 Å². The van der Waals surface area contributed by atoms with Crippen molar-refractivity contribution in [2.75, 3.05) is 6.54 Å². The lowest BCUT2D eigenvalue weighted by molar-refractivity contribution is 0.583. The summed E-state index contributed by atoms with van der Waals surface area (Å²) in [7, 11) is 0. The molecule has 0 aliphatic carbocycles. The first-order chi connectivity index (χ1) is 7.27. The smallest absolute Gasteiger partial charge is 0.0635 e. The Bertz CT molecular complexity index is 321. The second kappa shape index (κ2) is 6.21. The Hall–Kier alpha value is -1.33. The van der Waals surface area contributed by atoms with Crippen molar-refractivity contribution < 1.29 is 0 Å². The Kier molecular flexibility index (Phi) is 4.86. The zero-order valence-corrected chi connectivity index (χ0v) is 9.46. The maximum absolute atomic E-state index is 8.43. The van der Waals surface area contributed by atoms with Crippen LogP contribution in [0.15, 0.2) is 24.3 Å². The second-order valence-corrected chi connectivity index (χ2v) is 3.68. The van der Waals surface area contributed by atoms with E-state index in [1.54, 1.807) is 0 Å². The van der Waals surface area contributed by atoms with E-state index in [2.05, 4.69) is 49.5 Å². The van der Waals surface area contributed by atoms with Crippen molar-refractivity contribution in [1.82, 2.24) is 5.32 Å². The minimum absolute atomic E-state index is 0.323. The summed E-state index contributed by atoms with van der Waals surface area (Å²) < 4.78 is 0. The Labute approximate surface area is 91.9 Å². The summed E-state index contributed by atoms with van der Waals surface area (Å²) in [5.41, 5.74) is 2.65. The Morgan fingerprint density at radius 2 is 2.00 bits per heavy atom. The number of hydrogen-bond acceptors (Lipinski definition) is 2. The van der Waals surface area contributed by atoms with Crippen LogP contribution >= 0.6 is 0 Å². The number of nitriles is 1. The van der Waals surface area contributed by atoms with Gasteiger partial charge in [0.05, 0.1) is 6.07 Å². The molecule has 1 unspecified atom stereocenters. The summed E-state index contributed by atoms with van der Waals surface area (Å²) in [5.74, 6) is 0.